The first-order valence-corrected chi connectivity index (χ1v) is 12.3. The van der Waals surface area contributed by atoms with Crippen LogP contribution in [0.15, 0.2) is 81.9 Å². The van der Waals surface area contributed by atoms with Crippen LogP contribution in [0, 0.1) is 5.82 Å². The zero-order chi connectivity index (χ0) is 27.4. The van der Waals surface area contributed by atoms with E-state index in [0.717, 1.165) is 35.8 Å². The number of fused-ring (bicyclic) bond motifs is 1. The molecule has 9 nitrogen and oxygen atoms in total. The number of hydrogen-bond donors (Lipinski definition) is 2. The van der Waals surface area contributed by atoms with Gasteiger partial charge in [0.15, 0.2) is 0 Å². The minimum Gasteiger partial charge on any atom is -0.497 e. The van der Waals surface area contributed by atoms with Gasteiger partial charge in [0, 0.05) is 17.6 Å². The molecule has 0 aliphatic heterocycles. The number of methoxy groups -OCH3 is 2. The molecule has 0 saturated heterocycles. The molecule has 4 aromatic rings. The van der Waals surface area contributed by atoms with E-state index in [2.05, 4.69) is 21.1 Å². The first-order valence-electron chi connectivity index (χ1n) is 12.3. The number of hydrogen-bond acceptors (Lipinski definition) is 7. The van der Waals surface area contributed by atoms with Gasteiger partial charge in [0.2, 0.25) is 5.43 Å². The van der Waals surface area contributed by atoms with Crippen LogP contribution in [0.4, 0.5) is 10.1 Å². The molecule has 1 aliphatic rings. The number of benzene rings is 3. The summed E-state index contributed by atoms with van der Waals surface area (Å²) in [5, 5.41) is 8.20. The summed E-state index contributed by atoms with van der Waals surface area (Å²) in [5.41, 5.74) is 6.59. The topological polar surface area (TPSA) is 106 Å². The lowest BCUT2D eigenvalue weighted by molar-refractivity contribution is 0.0953. The van der Waals surface area contributed by atoms with Crippen LogP contribution in [-0.4, -0.2) is 37.1 Å². The van der Waals surface area contributed by atoms with Gasteiger partial charge in [-0.1, -0.05) is 0 Å². The maximum atomic E-state index is 15.0. The van der Waals surface area contributed by atoms with E-state index in [9.17, 15) is 9.59 Å². The molecule has 3 aromatic carbocycles. The molecule has 5 rings (SSSR count). The number of aromatic nitrogens is 1. The lowest BCUT2D eigenvalue weighted by Gasteiger charge is -2.14. The number of nitrogens with one attached hydrogen (secondary N) is 2. The summed E-state index contributed by atoms with van der Waals surface area (Å²) in [6, 6.07) is 17.1. The number of amides is 1. The molecule has 10 heteroatoms. The monoisotopic (exact) mass is 527 g/mol. The Kier molecular flexibility index (Phi) is 7.35. The highest BCUT2D eigenvalue weighted by molar-refractivity contribution is 5.98. The standard InChI is InChI=1S/C29H26FN5O4/c1-38-21-9-3-18(4-10-21)15-31-33-26-14-27-23(13-25(26)30)28(36)24(17-35(27)20-7-8-20)29(37)34-32-16-19-5-11-22(39-2)12-6-19/h3-6,9-17,20,33H,7-8H2,1-2H3,(H,34,37)/b31-15+,32-16+. The summed E-state index contributed by atoms with van der Waals surface area (Å²) in [5.74, 6) is 0.0788. The van der Waals surface area contributed by atoms with Crippen molar-refractivity contribution < 1.29 is 18.7 Å². The molecule has 1 heterocycles. The van der Waals surface area contributed by atoms with Crippen LogP contribution in [0.5, 0.6) is 11.5 Å². The minimum absolute atomic E-state index is 0.107. The molecule has 1 fully saturated rings. The number of rotatable bonds is 9. The Morgan fingerprint density at radius 2 is 1.54 bits per heavy atom. The molecular weight excluding hydrogens is 501 g/mol. The van der Waals surface area contributed by atoms with Crippen molar-refractivity contribution in [1.29, 1.82) is 0 Å². The van der Waals surface area contributed by atoms with Gasteiger partial charge in [-0.05, 0) is 84.6 Å². The summed E-state index contributed by atoms with van der Waals surface area (Å²) in [6.45, 7) is 0. The van der Waals surface area contributed by atoms with Crippen molar-refractivity contribution >= 4 is 34.9 Å². The van der Waals surface area contributed by atoms with Gasteiger partial charge in [-0.2, -0.15) is 10.2 Å². The first kappa shape index (κ1) is 25.7. The molecule has 0 bridgehead atoms. The smallest absolute Gasteiger partial charge is 0.276 e. The Balaban J connectivity index is 1.39. The van der Waals surface area contributed by atoms with Crippen LogP contribution >= 0.6 is 0 Å². The Hall–Kier alpha value is -4.99. The average Bonchev–Trinajstić information content (AvgIpc) is 3.80. The number of carbonyl (C=O) groups excluding carboxylic acids is 1. The second-order valence-corrected chi connectivity index (χ2v) is 8.97. The molecule has 1 aliphatic carbocycles. The molecule has 1 aromatic heterocycles. The number of ether oxygens (including phenoxy) is 2. The van der Waals surface area contributed by atoms with E-state index in [4.69, 9.17) is 9.47 Å². The summed E-state index contributed by atoms with van der Waals surface area (Å²) in [6.07, 6.45) is 6.32. The van der Waals surface area contributed by atoms with Crippen molar-refractivity contribution in [2.75, 3.05) is 19.6 Å². The predicted octanol–water partition coefficient (Wildman–Crippen LogP) is 4.70. The van der Waals surface area contributed by atoms with E-state index in [1.807, 2.05) is 16.7 Å². The highest BCUT2D eigenvalue weighted by Crippen LogP contribution is 2.37. The van der Waals surface area contributed by atoms with Gasteiger partial charge in [0.25, 0.3) is 5.91 Å². The van der Waals surface area contributed by atoms with E-state index < -0.39 is 17.2 Å². The van der Waals surface area contributed by atoms with Gasteiger partial charge in [-0.25, -0.2) is 9.82 Å². The third-order valence-corrected chi connectivity index (χ3v) is 6.32. The third kappa shape index (κ3) is 5.80. The van der Waals surface area contributed by atoms with Gasteiger partial charge in [-0.3, -0.25) is 15.0 Å². The number of pyridine rings is 1. The largest absolute Gasteiger partial charge is 0.497 e. The summed E-state index contributed by atoms with van der Waals surface area (Å²) < 4.78 is 27.1. The van der Waals surface area contributed by atoms with E-state index in [-0.39, 0.29) is 22.7 Å². The van der Waals surface area contributed by atoms with Crippen LogP contribution < -0.4 is 25.8 Å². The van der Waals surface area contributed by atoms with Crippen LogP contribution in [0.1, 0.15) is 40.4 Å². The van der Waals surface area contributed by atoms with Crippen LogP contribution in [0.3, 0.4) is 0 Å². The summed E-state index contributed by atoms with van der Waals surface area (Å²) in [4.78, 5) is 26.1. The van der Waals surface area contributed by atoms with Crippen LogP contribution in [0.25, 0.3) is 10.9 Å². The lowest BCUT2D eigenvalue weighted by Crippen LogP contribution is -2.27. The second kappa shape index (κ2) is 11.2. The van der Waals surface area contributed by atoms with Gasteiger partial charge < -0.3 is 14.0 Å². The Morgan fingerprint density at radius 1 is 0.949 bits per heavy atom. The van der Waals surface area contributed by atoms with Gasteiger partial charge in [-0.15, -0.1) is 0 Å². The molecule has 0 atom stereocenters. The summed E-state index contributed by atoms with van der Waals surface area (Å²) >= 11 is 0. The van der Waals surface area contributed by atoms with E-state index in [1.165, 1.54) is 12.4 Å². The molecule has 0 unspecified atom stereocenters. The lowest BCUT2D eigenvalue weighted by atomic mass is 10.1. The van der Waals surface area contributed by atoms with Crippen molar-refractivity contribution in [2.45, 2.75) is 18.9 Å². The number of anilines is 1. The minimum atomic E-state index is -0.673. The maximum Gasteiger partial charge on any atom is 0.276 e. The molecule has 1 saturated carbocycles. The first-order chi connectivity index (χ1) is 19.0. The average molecular weight is 528 g/mol. The fourth-order valence-electron chi connectivity index (χ4n) is 4.05. The van der Waals surface area contributed by atoms with Gasteiger partial charge in [0.1, 0.15) is 22.9 Å². The fourth-order valence-corrected chi connectivity index (χ4v) is 4.05. The molecule has 1 amide bonds. The Labute approximate surface area is 223 Å². The SMILES string of the molecule is COc1ccc(/C=N/NC(=O)c2cn(C3CC3)c3cc(N/N=C/c4ccc(OC)cc4)c(F)cc3c2=O)cc1. The molecule has 39 heavy (non-hydrogen) atoms. The zero-order valence-electron chi connectivity index (χ0n) is 21.3. The van der Waals surface area contributed by atoms with Crippen molar-refractivity contribution in [3.63, 3.8) is 0 Å². The molecule has 198 valence electrons. The maximum absolute atomic E-state index is 15.0. The second-order valence-electron chi connectivity index (χ2n) is 8.97. The number of halogens is 1. The quantitative estimate of drug-likeness (QED) is 0.242. The van der Waals surface area contributed by atoms with Gasteiger partial charge in [0.05, 0.1) is 37.9 Å². The highest BCUT2D eigenvalue weighted by atomic mass is 19.1. The third-order valence-electron chi connectivity index (χ3n) is 6.32. The molecule has 0 spiro atoms. The van der Waals surface area contributed by atoms with Crippen LogP contribution in [-0.2, 0) is 0 Å². The Morgan fingerprint density at radius 3 is 2.10 bits per heavy atom. The summed E-state index contributed by atoms with van der Waals surface area (Å²) in [7, 11) is 3.16. The normalized spacial score (nSPS) is 13.2. The van der Waals surface area contributed by atoms with Crippen molar-refractivity contribution in [1.82, 2.24) is 9.99 Å². The fraction of sp³-hybridized carbons (Fsp3) is 0.172. The highest BCUT2D eigenvalue weighted by Gasteiger charge is 2.27. The molecule has 2 N–H and O–H groups in total. The number of nitrogens with zero attached hydrogens (tertiary/aromatic N) is 3. The number of hydrazone groups is 2. The van der Waals surface area contributed by atoms with Crippen LogP contribution in [0.2, 0.25) is 0 Å². The van der Waals surface area contributed by atoms with Crippen molar-refractivity contribution in [3.8, 4) is 11.5 Å². The molecular formula is C29H26FN5O4. The molecule has 0 radical (unpaired) electrons. The number of carbonyl (C=O) groups is 1. The predicted molar refractivity (Wildman–Crippen MR) is 149 cm³/mol. The zero-order valence-corrected chi connectivity index (χ0v) is 21.3. The Bertz CT molecular complexity index is 1630. The van der Waals surface area contributed by atoms with Crippen molar-refractivity contribution in [3.05, 3.63) is 99.6 Å². The van der Waals surface area contributed by atoms with E-state index >= 15 is 4.39 Å². The van der Waals surface area contributed by atoms with E-state index in [1.54, 1.807) is 62.9 Å². The van der Waals surface area contributed by atoms with Crippen molar-refractivity contribution in [2.24, 2.45) is 10.2 Å². The van der Waals surface area contributed by atoms with E-state index in [0.29, 0.717) is 11.3 Å². The van der Waals surface area contributed by atoms with Gasteiger partial charge >= 0.3 is 0 Å².